The number of nitrogens with zero attached hydrogens (tertiary/aromatic N) is 1. The molecule has 1 aromatic carbocycles. The Hall–Kier alpha value is -1.86. The molecule has 0 atom stereocenters. The van der Waals surface area contributed by atoms with Gasteiger partial charge in [0.2, 0.25) is 0 Å². The Balaban J connectivity index is 2.51. The minimum absolute atomic E-state index is 0.247. The normalized spacial score (nSPS) is 11.7. The molecule has 7 heteroatoms. The zero-order chi connectivity index (χ0) is 14.0. The van der Waals surface area contributed by atoms with Crippen LogP contribution >= 0.6 is 0 Å². The number of aromatic nitrogens is 2. The average molecular weight is 282 g/mol. The molecule has 2 rings (SSSR count). The fourth-order valence-electron chi connectivity index (χ4n) is 1.82. The molecule has 102 valence electrons. The molecule has 0 radical (unpaired) electrons. The number of hydrogen-bond acceptors (Lipinski definition) is 3. The summed E-state index contributed by atoms with van der Waals surface area (Å²) in [6.07, 6.45) is 1.63. The summed E-state index contributed by atoms with van der Waals surface area (Å²) >= 11 is 0. The van der Waals surface area contributed by atoms with E-state index in [9.17, 15) is 13.2 Å². The van der Waals surface area contributed by atoms with Crippen molar-refractivity contribution in [3.8, 4) is 5.69 Å². The largest absolute Gasteiger partial charge is 0.295 e. The number of aryl methyl sites for hydroxylation is 1. The van der Waals surface area contributed by atoms with Crippen molar-refractivity contribution >= 4 is 10.1 Å². The van der Waals surface area contributed by atoms with Gasteiger partial charge in [0.25, 0.3) is 15.7 Å². The second kappa shape index (κ2) is 5.02. The van der Waals surface area contributed by atoms with Crippen LogP contribution in [0.25, 0.3) is 5.69 Å². The molecular formula is C12H14N2O4S. The summed E-state index contributed by atoms with van der Waals surface area (Å²) < 4.78 is 32.4. The standard InChI is InChI=1S/C12H14N2O4S/c1-2-4-9-7-12(15)14(13-9)10-5-3-6-11(8-10)19(16,17)18/h3,5-8,13H,2,4H2,1H3,(H,16,17,18). The fourth-order valence-corrected chi connectivity index (χ4v) is 2.34. The van der Waals surface area contributed by atoms with Crippen LogP contribution in [0.15, 0.2) is 40.0 Å². The first-order valence-corrected chi connectivity index (χ1v) is 7.24. The van der Waals surface area contributed by atoms with Crippen molar-refractivity contribution in [1.29, 1.82) is 0 Å². The molecule has 0 aliphatic heterocycles. The predicted octanol–water partition coefficient (Wildman–Crippen LogP) is 1.36. The first-order valence-electron chi connectivity index (χ1n) is 5.80. The molecule has 0 aliphatic rings. The molecule has 0 spiro atoms. The summed E-state index contributed by atoms with van der Waals surface area (Å²) in [6, 6.07) is 7.03. The highest BCUT2D eigenvalue weighted by Crippen LogP contribution is 2.13. The van der Waals surface area contributed by atoms with Crippen molar-refractivity contribution in [2.45, 2.75) is 24.7 Å². The fraction of sp³-hybridized carbons (Fsp3) is 0.250. The van der Waals surface area contributed by atoms with Gasteiger partial charge in [-0.3, -0.25) is 14.4 Å². The van der Waals surface area contributed by atoms with E-state index in [0.29, 0.717) is 5.69 Å². The maximum absolute atomic E-state index is 11.8. The Kier molecular flexibility index (Phi) is 3.59. The molecule has 19 heavy (non-hydrogen) atoms. The minimum Gasteiger partial charge on any atom is -0.295 e. The van der Waals surface area contributed by atoms with Gasteiger partial charge in [0.15, 0.2) is 0 Å². The van der Waals surface area contributed by atoms with Gasteiger partial charge in [-0.05, 0) is 24.6 Å². The number of rotatable bonds is 4. The molecule has 1 aromatic heterocycles. The minimum atomic E-state index is -4.28. The van der Waals surface area contributed by atoms with Crippen LogP contribution in [-0.2, 0) is 16.5 Å². The van der Waals surface area contributed by atoms with Gasteiger partial charge in [-0.2, -0.15) is 8.42 Å². The molecule has 0 bridgehead atoms. The zero-order valence-corrected chi connectivity index (χ0v) is 11.1. The van der Waals surface area contributed by atoms with Crippen molar-refractivity contribution in [3.63, 3.8) is 0 Å². The molecule has 0 unspecified atom stereocenters. The van der Waals surface area contributed by atoms with Gasteiger partial charge < -0.3 is 0 Å². The van der Waals surface area contributed by atoms with Crippen LogP contribution in [-0.4, -0.2) is 22.8 Å². The summed E-state index contributed by atoms with van der Waals surface area (Å²) in [5.74, 6) is 0. The molecule has 0 aliphatic carbocycles. The molecule has 0 saturated carbocycles. The lowest BCUT2D eigenvalue weighted by molar-refractivity contribution is 0.483. The second-order valence-electron chi connectivity index (χ2n) is 4.18. The van der Waals surface area contributed by atoms with Crippen molar-refractivity contribution < 1.29 is 13.0 Å². The number of benzene rings is 1. The third-order valence-electron chi connectivity index (χ3n) is 2.67. The Morgan fingerprint density at radius 1 is 1.32 bits per heavy atom. The average Bonchev–Trinajstić information content (AvgIpc) is 2.70. The maximum atomic E-state index is 11.8. The molecule has 1 heterocycles. The Morgan fingerprint density at radius 2 is 2.05 bits per heavy atom. The van der Waals surface area contributed by atoms with Crippen molar-refractivity contribution in [1.82, 2.24) is 9.78 Å². The summed E-state index contributed by atoms with van der Waals surface area (Å²) in [7, 11) is -4.28. The SMILES string of the molecule is CCCc1cc(=O)n(-c2cccc(S(=O)(=O)O)c2)[nH]1. The van der Waals surface area contributed by atoms with Crippen molar-refractivity contribution in [3.05, 3.63) is 46.4 Å². The van der Waals surface area contributed by atoms with E-state index in [1.54, 1.807) is 6.07 Å². The van der Waals surface area contributed by atoms with Crippen LogP contribution in [0.2, 0.25) is 0 Å². The topological polar surface area (TPSA) is 92.2 Å². The highest BCUT2D eigenvalue weighted by molar-refractivity contribution is 7.85. The van der Waals surface area contributed by atoms with Gasteiger partial charge >= 0.3 is 0 Å². The van der Waals surface area contributed by atoms with Crippen LogP contribution in [0.5, 0.6) is 0 Å². The number of H-pyrrole nitrogens is 1. The molecule has 6 nitrogen and oxygen atoms in total. The molecule has 2 aromatic rings. The lowest BCUT2D eigenvalue weighted by Crippen LogP contribution is -2.14. The van der Waals surface area contributed by atoms with Crippen molar-refractivity contribution in [2.24, 2.45) is 0 Å². The smallest absolute Gasteiger partial charge is 0.294 e. The van der Waals surface area contributed by atoms with Gasteiger partial charge in [-0.15, -0.1) is 0 Å². The van der Waals surface area contributed by atoms with Gasteiger partial charge in [0.1, 0.15) is 0 Å². The molecular weight excluding hydrogens is 268 g/mol. The highest BCUT2D eigenvalue weighted by atomic mass is 32.2. The van der Waals surface area contributed by atoms with Crippen LogP contribution in [0.4, 0.5) is 0 Å². The summed E-state index contributed by atoms with van der Waals surface area (Å²) in [5, 5.41) is 2.91. The maximum Gasteiger partial charge on any atom is 0.294 e. The molecule has 2 N–H and O–H groups in total. The first kappa shape index (κ1) is 13.6. The van der Waals surface area contributed by atoms with Gasteiger partial charge in [0.05, 0.1) is 10.6 Å². The van der Waals surface area contributed by atoms with E-state index in [1.165, 1.54) is 28.9 Å². The predicted molar refractivity (Wildman–Crippen MR) is 70.2 cm³/mol. The number of hydrogen-bond donors (Lipinski definition) is 2. The van der Waals surface area contributed by atoms with Crippen LogP contribution in [0.1, 0.15) is 19.0 Å². The summed E-state index contributed by atoms with van der Waals surface area (Å²) in [5.41, 5.74) is 0.878. The van der Waals surface area contributed by atoms with E-state index in [4.69, 9.17) is 4.55 Å². The van der Waals surface area contributed by atoms with Gasteiger partial charge in [0, 0.05) is 11.8 Å². The lowest BCUT2D eigenvalue weighted by atomic mass is 10.3. The van der Waals surface area contributed by atoms with E-state index in [1.807, 2.05) is 6.92 Å². The summed E-state index contributed by atoms with van der Waals surface area (Å²) in [4.78, 5) is 11.5. The van der Waals surface area contributed by atoms with E-state index in [2.05, 4.69) is 5.10 Å². The molecule has 0 fully saturated rings. The Morgan fingerprint density at radius 3 is 2.68 bits per heavy atom. The first-order chi connectivity index (χ1) is 8.91. The Labute approximate surface area is 110 Å². The second-order valence-corrected chi connectivity index (χ2v) is 5.60. The number of nitrogens with one attached hydrogen (secondary N) is 1. The van der Waals surface area contributed by atoms with Crippen LogP contribution < -0.4 is 5.56 Å². The molecule has 0 amide bonds. The van der Waals surface area contributed by atoms with Crippen molar-refractivity contribution in [2.75, 3.05) is 0 Å². The molecule has 0 saturated heterocycles. The Bertz CT molecular complexity index is 743. The van der Waals surface area contributed by atoms with Crippen LogP contribution in [0.3, 0.4) is 0 Å². The van der Waals surface area contributed by atoms with E-state index in [-0.39, 0.29) is 10.5 Å². The zero-order valence-electron chi connectivity index (χ0n) is 10.3. The van der Waals surface area contributed by atoms with E-state index >= 15 is 0 Å². The summed E-state index contributed by atoms with van der Waals surface area (Å²) in [6.45, 7) is 1.99. The number of aromatic amines is 1. The quantitative estimate of drug-likeness (QED) is 0.828. The van der Waals surface area contributed by atoms with E-state index in [0.717, 1.165) is 18.5 Å². The highest BCUT2D eigenvalue weighted by Gasteiger charge is 2.11. The third kappa shape index (κ3) is 2.94. The van der Waals surface area contributed by atoms with E-state index < -0.39 is 10.1 Å². The lowest BCUT2D eigenvalue weighted by Gasteiger charge is -2.04. The third-order valence-corrected chi connectivity index (χ3v) is 3.52. The van der Waals surface area contributed by atoms with Gasteiger partial charge in [-0.25, -0.2) is 4.68 Å². The van der Waals surface area contributed by atoms with Gasteiger partial charge in [-0.1, -0.05) is 19.4 Å². The monoisotopic (exact) mass is 282 g/mol. The van der Waals surface area contributed by atoms with Crippen LogP contribution in [0, 0.1) is 0 Å².